The van der Waals surface area contributed by atoms with Gasteiger partial charge in [-0.15, -0.1) is 0 Å². The molecule has 0 saturated heterocycles. The van der Waals surface area contributed by atoms with Crippen LogP contribution in [0, 0.1) is 0 Å². The number of carbonyl (C=O) groups excluding carboxylic acids is 2. The summed E-state index contributed by atoms with van der Waals surface area (Å²) in [6.07, 6.45) is -1.47. The third kappa shape index (κ3) is 4.44. The van der Waals surface area contributed by atoms with Crippen LogP contribution < -0.4 is 4.74 Å². The van der Waals surface area contributed by atoms with E-state index in [0.717, 1.165) is 0 Å². The van der Waals surface area contributed by atoms with Crippen LogP contribution in [0.2, 0.25) is 5.02 Å². The first-order chi connectivity index (χ1) is 9.10. The van der Waals surface area contributed by atoms with E-state index in [9.17, 15) is 9.59 Å². The van der Waals surface area contributed by atoms with Crippen molar-refractivity contribution in [1.82, 2.24) is 0 Å². The molecule has 0 aliphatic rings. The molecule has 0 fully saturated rings. The van der Waals surface area contributed by atoms with Gasteiger partial charge in [0, 0.05) is 0 Å². The van der Waals surface area contributed by atoms with E-state index in [4.69, 9.17) is 25.8 Å². The van der Waals surface area contributed by atoms with Crippen molar-refractivity contribution in [3.8, 4) is 5.75 Å². The fourth-order valence-electron chi connectivity index (χ4n) is 1.30. The molecule has 5 nitrogen and oxygen atoms in total. The summed E-state index contributed by atoms with van der Waals surface area (Å²) in [5, 5.41) is 0.293. The van der Waals surface area contributed by atoms with Crippen LogP contribution in [0.3, 0.4) is 0 Å². The average Bonchev–Trinajstić information content (AvgIpc) is 2.38. The van der Waals surface area contributed by atoms with Gasteiger partial charge >= 0.3 is 11.9 Å². The zero-order chi connectivity index (χ0) is 14.3. The monoisotopic (exact) mass is 286 g/mol. The van der Waals surface area contributed by atoms with Gasteiger partial charge in [0.15, 0.2) is 0 Å². The SMILES string of the molecule is CCOC(=O)C(Oc1ccccc1Cl)C(=O)OCC. The lowest BCUT2D eigenvalue weighted by Gasteiger charge is -2.16. The van der Waals surface area contributed by atoms with Crippen LogP contribution in [-0.4, -0.2) is 31.3 Å². The fraction of sp³-hybridized carbons (Fsp3) is 0.385. The van der Waals surface area contributed by atoms with E-state index in [1.54, 1.807) is 38.1 Å². The van der Waals surface area contributed by atoms with Gasteiger partial charge in [-0.1, -0.05) is 23.7 Å². The van der Waals surface area contributed by atoms with Crippen molar-refractivity contribution in [2.75, 3.05) is 13.2 Å². The zero-order valence-electron chi connectivity index (χ0n) is 10.7. The molecule has 0 bridgehead atoms. The van der Waals surface area contributed by atoms with E-state index < -0.39 is 18.0 Å². The molecule has 0 spiro atoms. The largest absolute Gasteiger partial charge is 0.465 e. The van der Waals surface area contributed by atoms with Gasteiger partial charge in [-0.25, -0.2) is 9.59 Å². The second-order valence-electron chi connectivity index (χ2n) is 3.43. The van der Waals surface area contributed by atoms with Gasteiger partial charge in [0.05, 0.1) is 18.2 Å². The summed E-state index contributed by atoms with van der Waals surface area (Å²) in [7, 11) is 0. The van der Waals surface area contributed by atoms with Crippen LogP contribution in [-0.2, 0) is 19.1 Å². The number of esters is 2. The lowest BCUT2D eigenvalue weighted by molar-refractivity contribution is -0.166. The Labute approximate surface area is 116 Å². The fourth-order valence-corrected chi connectivity index (χ4v) is 1.48. The van der Waals surface area contributed by atoms with Crippen molar-refractivity contribution in [2.24, 2.45) is 0 Å². The molecule has 104 valence electrons. The van der Waals surface area contributed by atoms with Crippen molar-refractivity contribution in [2.45, 2.75) is 20.0 Å². The molecule has 0 aromatic heterocycles. The van der Waals surface area contributed by atoms with Gasteiger partial charge in [0.1, 0.15) is 5.75 Å². The van der Waals surface area contributed by atoms with Gasteiger partial charge in [-0.2, -0.15) is 0 Å². The molecule has 1 rings (SSSR count). The highest BCUT2D eigenvalue weighted by Crippen LogP contribution is 2.24. The zero-order valence-corrected chi connectivity index (χ0v) is 11.5. The molecular weight excluding hydrogens is 272 g/mol. The van der Waals surface area contributed by atoms with E-state index in [1.165, 1.54) is 0 Å². The number of hydrogen-bond donors (Lipinski definition) is 0. The topological polar surface area (TPSA) is 61.8 Å². The van der Waals surface area contributed by atoms with Crippen molar-refractivity contribution >= 4 is 23.5 Å². The maximum absolute atomic E-state index is 11.7. The average molecular weight is 287 g/mol. The molecule has 0 N–H and O–H groups in total. The summed E-state index contributed by atoms with van der Waals surface area (Å²) in [6, 6.07) is 6.52. The molecule has 0 atom stereocenters. The third-order valence-electron chi connectivity index (χ3n) is 2.08. The molecular formula is C13H15ClO5. The van der Waals surface area contributed by atoms with E-state index in [-0.39, 0.29) is 19.0 Å². The number of para-hydroxylation sites is 1. The van der Waals surface area contributed by atoms with Crippen LogP contribution in [0.15, 0.2) is 24.3 Å². The number of carbonyl (C=O) groups is 2. The summed E-state index contributed by atoms with van der Waals surface area (Å²) in [6.45, 7) is 3.55. The van der Waals surface area contributed by atoms with Crippen molar-refractivity contribution in [3.63, 3.8) is 0 Å². The van der Waals surface area contributed by atoms with Gasteiger partial charge < -0.3 is 14.2 Å². The summed E-state index contributed by atoms with van der Waals surface area (Å²) < 4.78 is 14.8. The highest BCUT2D eigenvalue weighted by atomic mass is 35.5. The number of hydrogen-bond acceptors (Lipinski definition) is 5. The van der Waals surface area contributed by atoms with Crippen LogP contribution in [0.5, 0.6) is 5.75 Å². The lowest BCUT2D eigenvalue weighted by Crippen LogP contribution is -2.38. The molecule has 6 heteroatoms. The van der Waals surface area contributed by atoms with Gasteiger partial charge in [0.25, 0.3) is 6.10 Å². The lowest BCUT2D eigenvalue weighted by atomic mass is 10.3. The Morgan fingerprint density at radius 2 is 1.63 bits per heavy atom. The molecule has 1 aromatic rings. The minimum atomic E-state index is -1.47. The minimum Gasteiger partial charge on any atom is -0.465 e. The Hall–Kier alpha value is -1.75. The summed E-state index contributed by atoms with van der Waals surface area (Å²) in [5.74, 6) is -1.39. The van der Waals surface area contributed by atoms with Gasteiger partial charge in [-0.05, 0) is 26.0 Å². The van der Waals surface area contributed by atoms with E-state index in [2.05, 4.69) is 0 Å². The standard InChI is InChI=1S/C13H15ClO5/c1-3-17-12(15)11(13(16)18-4-2)19-10-8-6-5-7-9(10)14/h5-8,11H,3-4H2,1-2H3. The van der Waals surface area contributed by atoms with Gasteiger partial charge in [-0.3, -0.25) is 0 Å². The Morgan fingerprint density at radius 3 is 2.11 bits per heavy atom. The van der Waals surface area contributed by atoms with E-state index in [0.29, 0.717) is 5.02 Å². The minimum absolute atomic E-state index is 0.140. The predicted molar refractivity (Wildman–Crippen MR) is 69.1 cm³/mol. The van der Waals surface area contributed by atoms with Crippen LogP contribution in [0.4, 0.5) is 0 Å². The van der Waals surface area contributed by atoms with E-state index >= 15 is 0 Å². The quantitative estimate of drug-likeness (QED) is 0.593. The molecule has 1 aromatic carbocycles. The first-order valence-electron chi connectivity index (χ1n) is 5.84. The van der Waals surface area contributed by atoms with Crippen molar-refractivity contribution in [3.05, 3.63) is 29.3 Å². The molecule has 19 heavy (non-hydrogen) atoms. The third-order valence-corrected chi connectivity index (χ3v) is 2.40. The normalized spacial score (nSPS) is 10.1. The molecule has 0 heterocycles. The highest BCUT2D eigenvalue weighted by Gasteiger charge is 2.32. The Balaban J connectivity index is 2.88. The second kappa shape index (κ2) is 7.63. The molecule has 0 saturated carbocycles. The van der Waals surface area contributed by atoms with Gasteiger partial charge in [0.2, 0.25) is 0 Å². The Morgan fingerprint density at radius 1 is 1.11 bits per heavy atom. The van der Waals surface area contributed by atoms with E-state index in [1.807, 2.05) is 0 Å². The molecule has 0 aliphatic heterocycles. The molecule has 0 aliphatic carbocycles. The van der Waals surface area contributed by atoms with Crippen molar-refractivity contribution < 1.29 is 23.8 Å². The van der Waals surface area contributed by atoms with Crippen molar-refractivity contribution in [1.29, 1.82) is 0 Å². The Bertz CT molecular complexity index is 428. The number of ether oxygens (including phenoxy) is 3. The molecule has 0 radical (unpaired) electrons. The van der Waals surface area contributed by atoms with Crippen LogP contribution in [0.25, 0.3) is 0 Å². The maximum Gasteiger partial charge on any atom is 0.359 e. The smallest absolute Gasteiger partial charge is 0.359 e. The van der Waals surface area contributed by atoms with Crippen LogP contribution in [0.1, 0.15) is 13.8 Å². The van der Waals surface area contributed by atoms with Crippen LogP contribution >= 0.6 is 11.6 Å². The summed E-state index contributed by atoms with van der Waals surface area (Å²) >= 11 is 5.90. The maximum atomic E-state index is 11.7. The molecule has 0 amide bonds. The highest BCUT2D eigenvalue weighted by molar-refractivity contribution is 6.32. The number of benzene rings is 1. The molecule has 0 unspecified atom stereocenters. The predicted octanol–water partition coefficient (Wildman–Crippen LogP) is 2.21. The summed E-state index contributed by atoms with van der Waals surface area (Å²) in [5.41, 5.74) is 0. The number of halogens is 1. The number of rotatable bonds is 6. The Kier molecular flexibility index (Phi) is 6.15. The first kappa shape index (κ1) is 15.3. The second-order valence-corrected chi connectivity index (χ2v) is 3.84. The first-order valence-corrected chi connectivity index (χ1v) is 6.22. The summed E-state index contributed by atoms with van der Waals surface area (Å²) in [4.78, 5) is 23.4.